The summed E-state index contributed by atoms with van der Waals surface area (Å²) in [5, 5.41) is 1.00. The SMILES string of the molecule is C=CCC(=O)N1CCN(C(=O)c2cccc3c2ccn3CC(C)C)[C@@H](C)C1. The van der Waals surface area contributed by atoms with Crippen molar-refractivity contribution < 1.29 is 9.59 Å². The van der Waals surface area contributed by atoms with Crippen LogP contribution in [0, 0.1) is 5.92 Å². The van der Waals surface area contributed by atoms with Gasteiger partial charge in [0.2, 0.25) is 5.91 Å². The Morgan fingerprint density at radius 1 is 1.26 bits per heavy atom. The minimum absolute atomic E-state index is 0.00646. The second-order valence-electron chi connectivity index (χ2n) is 7.78. The highest BCUT2D eigenvalue weighted by molar-refractivity contribution is 6.06. The molecule has 5 heteroatoms. The zero-order chi connectivity index (χ0) is 19.6. The molecule has 2 aromatic rings. The van der Waals surface area contributed by atoms with Gasteiger partial charge in [0.15, 0.2) is 0 Å². The first kappa shape index (κ1) is 19.2. The molecule has 3 rings (SSSR count). The van der Waals surface area contributed by atoms with Crippen LogP contribution in [0.3, 0.4) is 0 Å². The second kappa shape index (κ2) is 7.99. The summed E-state index contributed by atoms with van der Waals surface area (Å²) >= 11 is 0. The fourth-order valence-electron chi connectivity index (χ4n) is 3.86. The summed E-state index contributed by atoms with van der Waals surface area (Å²) in [5.41, 5.74) is 1.84. The van der Waals surface area contributed by atoms with Crippen LogP contribution in [0.25, 0.3) is 10.9 Å². The van der Waals surface area contributed by atoms with Crippen molar-refractivity contribution in [2.75, 3.05) is 19.6 Å². The third-order valence-electron chi connectivity index (χ3n) is 5.17. The lowest BCUT2D eigenvalue weighted by Crippen LogP contribution is -2.55. The molecule has 1 aromatic heterocycles. The molecule has 1 aliphatic rings. The van der Waals surface area contributed by atoms with Gasteiger partial charge in [-0.15, -0.1) is 6.58 Å². The molecular weight excluding hydrogens is 338 g/mol. The molecule has 1 atom stereocenters. The van der Waals surface area contributed by atoms with Crippen LogP contribution >= 0.6 is 0 Å². The topological polar surface area (TPSA) is 45.6 Å². The van der Waals surface area contributed by atoms with Crippen LogP contribution < -0.4 is 0 Å². The minimum atomic E-state index is -0.00646. The summed E-state index contributed by atoms with van der Waals surface area (Å²) in [6.07, 6.45) is 4.05. The van der Waals surface area contributed by atoms with E-state index in [9.17, 15) is 9.59 Å². The molecule has 2 heterocycles. The van der Waals surface area contributed by atoms with Gasteiger partial charge >= 0.3 is 0 Å². The Kier molecular flexibility index (Phi) is 5.68. The number of benzene rings is 1. The maximum Gasteiger partial charge on any atom is 0.254 e. The Bertz CT molecular complexity index is 852. The first-order valence-electron chi connectivity index (χ1n) is 9.70. The Hall–Kier alpha value is -2.56. The van der Waals surface area contributed by atoms with Crippen LogP contribution in [-0.4, -0.2) is 51.9 Å². The number of amides is 2. The van der Waals surface area contributed by atoms with Crippen LogP contribution in [-0.2, 0) is 11.3 Å². The smallest absolute Gasteiger partial charge is 0.254 e. The van der Waals surface area contributed by atoms with Crippen molar-refractivity contribution in [3.05, 3.63) is 48.7 Å². The zero-order valence-corrected chi connectivity index (χ0v) is 16.5. The predicted molar refractivity (Wildman–Crippen MR) is 109 cm³/mol. The average Bonchev–Trinajstić information content (AvgIpc) is 3.03. The third kappa shape index (κ3) is 3.92. The van der Waals surface area contributed by atoms with Gasteiger partial charge in [0.05, 0.1) is 0 Å². The van der Waals surface area contributed by atoms with Crippen molar-refractivity contribution in [2.45, 2.75) is 39.8 Å². The number of carbonyl (C=O) groups excluding carboxylic acids is 2. The number of fused-ring (bicyclic) bond motifs is 1. The van der Waals surface area contributed by atoms with E-state index in [4.69, 9.17) is 0 Å². The number of rotatable bonds is 5. The van der Waals surface area contributed by atoms with E-state index in [1.54, 1.807) is 6.08 Å². The van der Waals surface area contributed by atoms with Crippen LogP contribution in [0.15, 0.2) is 43.1 Å². The highest BCUT2D eigenvalue weighted by Gasteiger charge is 2.30. The highest BCUT2D eigenvalue weighted by Crippen LogP contribution is 2.24. The van der Waals surface area contributed by atoms with E-state index in [0.29, 0.717) is 32.0 Å². The van der Waals surface area contributed by atoms with Gasteiger partial charge in [0, 0.05) is 61.3 Å². The fourth-order valence-corrected chi connectivity index (χ4v) is 3.86. The fraction of sp³-hybridized carbons (Fsp3) is 0.455. The van der Waals surface area contributed by atoms with Gasteiger partial charge in [-0.1, -0.05) is 26.0 Å². The normalized spacial score (nSPS) is 17.6. The van der Waals surface area contributed by atoms with E-state index in [0.717, 1.165) is 23.0 Å². The summed E-state index contributed by atoms with van der Waals surface area (Å²) in [6.45, 7) is 12.7. The lowest BCUT2D eigenvalue weighted by atomic mass is 10.1. The molecule has 1 aliphatic heterocycles. The van der Waals surface area contributed by atoms with Crippen molar-refractivity contribution in [3.63, 3.8) is 0 Å². The van der Waals surface area contributed by atoms with Gasteiger partial charge in [0.25, 0.3) is 5.91 Å². The standard InChI is InChI=1S/C22H29N3O2/c1-5-7-21(26)24-12-13-25(17(4)15-24)22(27)19-8-6-9-20-18(19)10-11-23(20)14-16(2)3/h5-6,8-11,16-17H,1,7,12-15H2,2-4H3/t17-/m0/s1. The highest BCUT2D eigenvalue weighted by atomic mass is 16.2. The molecule has 27 heavy (non-hydrogen) atoms. The molecular formula is C22H29N3O2. The average molecular weight is 367 g/mol. The molecule has 2 amide bonds. The number of hydrogen-bond donors (Lipinski definition) is 0. The first-order chi connectivity index (χ1) is 12.9. The molecule has 0 spiro atoms. The van der Waals surface area contributed by atoms with Gasteiger partial charge in [0.1, 0.15) is 0 Å². The molecule has 0 aliphatic carbocycles. The van der Waals surface area contributed by atoms with Crippen molar-refractivity contribution in [1.82, 2.24) is 14.4 Å². The number of nitrogens with zero attached hydrogens (tertiary/aromatic N) is 3. The molecule has 0 saturated carbocycles. The Labute approximate surface area is 161 Å². The van der Waals surface area contributed by atoms with E-state index in [-0.39, 0.29) is 17.9 Å². The number of aromatic nitrogens is 1. The predicted octanol–water partition coefficient (Wildman–Crippen LogP) is 3.55. The Balaban J connectivity index is 1.81. The Morgan fingerprint density at radius 3 is 2.70 bits per heavy atom. The van der Waals surface area contributed by atoms with Crippen molar-refractivity contribution in [2.24, 2.45) is 5.92 Å². The van der Waals surface area contributed by atoms with E-state index in [1.807, 2.05) is 34.9 Å². The molecule has 0 unspecified atom stereocenters. The van der Waals surface area contributed by atoms with Gasteiger partial charge in [-0.2, -0.15) is 0 Å². The van der Waals surface area contributed by atoms with E-state index in [1.165, 1.54) is 0 Å². The van der Waals surface area contributed by atoms with Gasteiger partial charge in [-0.3, -0.25) is 9.59 Å². The van der Waals surface area contributed by atoms with Crippen LogP contribution in [0.4, 0.5) is 0 Å². The maximum absolute atomic E-state index is 13.3. The lowest BCUT2D eigenvalue weighted by molar-refractivity contribution is -0.132. The number of carbonyl (C=O) groups is 2. The van der Waals surface area contributed by atoms with Gasteiger partial charge < -0.3 is 14.4 Å². The minimum Gasteiger partial charge on any atom is -0.347 e. The van der Waals surface area contributed by atoms with Crippen LogP contribution in [0.2, 0.25) is 0 Å². The number of hydrogen-bond acceptors (Lipinski definition) is 2. The van der Waals surface area contributed by atoms with E-state index in [2.05, 4.69) is 37.3 Å². The molecule has 0 radical (unpaired) electrons. The third-order valence-corrected chi connectivity index (χ3v) is 5.17. The zero-order valence-electron chi connectivity index (χ0n) is 16.5. The van der Waals surface area contributed by atoms with Crippen LogP contribution in [0.5, 0.6) is 0 Å². The van der Waals surface area contributed by atoms with Crippen molar-refractivity contribution in [1.29, 1.82) is 0 Å². The molecule has 144 valence electrons. The molecule has 0 N–H and O–H groups in total. The lowest BCUT2D eigenvalue weighted by Gasteiger charge is -2.40. The van der Waals surface area contributed by atoms with E-state index >= 15 is 0 Å². The maximum atomic E-state index is 13.3. The second-order valence-corrected chi connectivity index (χ2v) is 7.78. The van der Waals surface area contributed by atoms with Crippen molar-refractivity contribution >= 4 is 22.7 Å². The molecule has 0 bridgehead atoms. The van der Waals surface area contributed by atoms with Crippen LogP contribution in [0.1, 0.15) is 37.6 Å². The van der Waals surface area contributed by atoms with E-state index < -0.39 is 0 Å². The number of piperazine rings is 1. The monoisotopic (exact) mass is 367 g/mol. The summed E-state index contributed by atoms with van der Waals surface area (Å²) in [5.74, 6) is 0.671. The largest absolute Gasteiger partial charge is 0.347 e. The molecule has 1 fully saturated rings. The van der Waals surface area contributed by atoms with Gasteiger partial charge in [-0.25, -0.2) is 0 Å². The molecule has 1 saturated heterocycles. The van der Waals surface area contributed by atoms with Gasteiger partial charge in [-0.05, 0) is 31.0 Å². The van der Waals surface area contributed by atoms with Crippen molar-refractivity contribution in [3.8, 4) is 0 Å². The Morgan fingerprint density at radius 2 is 2.04 bits per heavy atom. The summed E-state index contributed by atoms with van der Waals surface area (Å²) in [6, 6.07) is 7.98. The quantitative estimate of drug-likeness (QED) is 0.759. The molecule has 1 aromatic carbocycles. The summed E-state index contributed by atoms with van der Waals surface area (Å²) in [7, 11) is 0. The summed E-state index contributed by atoms with van der Waals surface area (Å²) in [4.78, 5) is 29.1. The first-order valence-corrected chi connectivity index (χ1v) is 9.70. The summed E-state index contributed by atoms with van der Waals surface area (Å²) < 4.78 is 2.21. The molecule has 5 nitrogen and oxygen atoms in total.